The standard InChI is InChI=1S/C14H10Cl2N2O3/c15-11-2-1-8(3-12(11)16)4-13(19)18-10-5-9(14(20)21)6-17-7-10/h1-3,5-7H,4H2,(H,18,19)(H,20,21). The highest BCUT2D eigenvalue weighted by molar-refractivity contribution is 6.42. The van der Waals surface area contributed by atoms with Gasteiger partial charge in [-0.25, -0.2) is 4.79 Å². The second-order valence-corrected chi connectivity index (χ2v) is 5.06. The van der Waals surface area contributed by atoms with E-state index < -0.39 is 5.97 Å². The van der Waals surface area contributed by atoms with E-state index in [1.54, 1.807) is 18.2 Å². The maximum Gasteiger partial charge on any atom is 0.337 e. The predicted molar refractivity (Wildman–Crippen MR) is 80.0 cm³/mol. The number of nitrogens with zero attached hydrogens (tertiary/aromatic N) is 1. The van der Waals surface area contributed by atoms with E-state index >= 15 is 0 Å². The van der Waals surface area contributed by atoms with E-state index in [2.05, 4.69) is 10.3 Å². The molecule has 2 rings (SSSR count). The molecule has 21 heavy (non-hydrogen) atoms. The number of carboxylic acids is 1. The normalized spacial score (nSPS) is 10.2. The van der Waals surface area contributed by atoms with Crippen molar-refractivity contribution in [3.8, 4) is 0 Å². The number of carbonyl (C=O) groups excluding carboxylic acids is 1. The maximum absolute atomic E-state index is 11.9. The SMILES string of the molecule is O=C(Cc1ccc(Cl)c(Cl)c1)Nc1cncc(C(=O)O)c1. The molecule has 0 aliphatic rings. The number of hydrogen-bond donors (Lipinski definition) is 2. The van der Waals surface area contributed by atoms with Crippen molar-refractivity contribution in [2.24, 2.45) is 0 Å². The van der Waals surface area contributed by atoms with Crippen LogP contribution < -0.4 is 5.32 Å². The number of halogens is 2. The summed E-state index contributed by atoms with van der Waals surface area (Å²) in [5.41, 5.74) is 1.02. The third-order valence-corrected chi connectivity index (χ3v) is 3.36. The Labute approximate surface area is 130 Å². The number of nitrogens with one attached hydrogen (secondary N) is 1. The Hall–Kier alpha value is -2.11. The van der Waals surface area contributed by atoms with Gasteiger partial charge in [0.05, 0.1) is 33.9 Å². The minimum atomic E-state index is -1.11. The summed E-state index contributed by atoms with van der Waals surface area (Å²) >= 11 is 11.7. The Balaban J connectivity index is 2.06. The van der Waals surface area contributed by atoms with Gasteiger partial charge in [-0.1, -0.05) is 29.3 Å². The highest BCUT2D eigenvalue weighted by Crippen LogP contribution is 2.23. The van der Waals surface area contributed by atoms with Crippen LogP contribution in [0.2, 0.25) is 10.0 Å². The Bertz CT molecular complexity index is 704. The number of carbonyl (C=O) groups is 2. The molecule has 1 aromatic heterocycles. The van der Waals surface area contributed by atoms with Gasteiger partial charge in [0.25, 0.3) is 0 Å². The zero-order valence-corrected chi connectivity index (χ0v) is 12.1. The van der Waals surface area contributed by atoms with Crippen LogP contribution in [0.3, 0.4) is 0 Å². The van der Waals surface area contributed by atoms with Gasteiger partial charge < -0.3 is 10.4 Å². The fourth-order valence-corrected chi connectivity index (χ4v) is 1.99. The highest BCUT2D eigenvalue weighted by atomic mass is 35.5. The molecule has 0 aliphatic heterocycles. The molecule has 1 aromatic carbocycles. The zero-order valence-electron chi connectivity index (χ0n) is 10.6. The number of hydrogen-bond acceptors (Lipinski definition) is 3. The van der Waals surface area contributed by atoms with Crippen molar-refractivity contribution in [3.05, 3.63) is 57.8 Å². The molecule has 2 N–H and O–H groups in total. The van der Waals surface area contributed by atoms with Gasteiger partial charge in [0, 0.05) is 6.20 Å². The van der Waals surface area contributed by atoms with E-state index in [1.807, 2.05) is 0 Å². The lowest BCUT2D eigenvalue weighted by Crippen LogP contribution is -2.15. The quantitative estimate of drug-likeness (QED) is 0.904. The van der Waals surface area contributed by atoms with Gasteiger partial charge in [-0.15, -0.1) is 0 Å². The molecule has 0 spiro atoms. The fraction of sp³-hybridized carbons (Fsp3) is 0.0714. The Kier molecular flexibility index (Phi) is 4.77. The van der Waals surface area contributed by atoms with E-state index in [9.17, 15) is 9.59 Å². The molecule has 0 aliphatic carbocycles. The van der Waals surface area contributed by atoms with Crippen molar-refractivity contribution >= 4 is 40.8 Å². The summed E-state index contributed by atoms with van der Waals surface area (Å²) in [5.74, 6) is -1.42. The largest absolute Gasteiger partial charge is 0.478 e. The van der Waals surface area contributed by atoms with Gasteiger partial charge in [-0.2, -0.15) is 0 Å². The summed E-state index contributed by atoms with van der Waals surface area (Å²) in [6.45, 7) is 0. The second kappa shape index (κ2) is 6.56. The molecule has 0 bridgehead atoms. The lowest BCUT2D eigenvalue weighted by molar-refractivity contribution is -0.115. The summed E-state index contributed by atoms with van der Waals surface area (Å²) in [6, 6.07) is 6.25. The first kappa shape index (κ1) is 15.3. The van der Waals surface area contributed by atoms with Crippen molar-refractivity contribution in [1.29, 1.82) is 0 Å². The minimum Gasteiger partial charge on any atom is -0.478 e. The number of aromatic nitrogens is 1. The first-order valence-electron chi connectivity index (χ1n) is 5.88. The first-order valence-corrected chi connectivity index (χ1v) is 6.63. The van der Waals surface area contributed by atoms with Crippen LogP contribution in [0.25, 0.3) is 0 Å². The van der Waals surface area contributed by atoms with Crippen LogP contribution in [0.1, 0.15) is 15.9 Å². The first-order chi connectivity index (χ1) is 9.95. The van der Waals surface area contributed by atoms with Crippen LogP contribution >= 0.6 is 23.2 Å². The molecule has 5 nitrogen and oxygen atoms in total. The van der Waals surface area contributed by atoms with Crippen LogP contribution in [0.4, 0.5) is 5.69 Å². The molecule has 108 valence electrons. The van der Waals surface area contributed by atoms with Crippen molar-refractivity contribution in [2.75, 3.05) is 5.32 Å². The monoisotopic (exact) mass is 324 g/mol. The molecule has 7 heteroatoms. The Morgan fingerprint density at radius 3 is 2.57 bits per heavy atom. The van der Waals surface area contributed by atoms with Crippen molar-refractivity contribution in [3.63, 3.8) is 0 Å². The summed E-state index contributed by atoms with van der Waals surface area (Å²) in [5, 5.41) is 12.2. The lowest BCUT2D eigenvalue weighted by atomic mass is 10.1. The highest BCUT2D eigenvalue weighted by Gasteiger charge is 2.09. The average Bonchev–Trinajstić information content (AvgIpc) is 2.43. The summed E-state index contributed by atoms with van der Waals surface area (Å²) in [6.07, 6.45) is 2.67. The molecule has 0 unspecified atom stereocenters. The number of rotatable bonds is 4. The molecule has 0 saturated carbocycles. The average molecular weight is 325 g/mol. The van der Waals surface area contributed by atoms with Gasteiger partial charge in [-0.3, -0.25) is 9.78 Å². The number of carboxylic acid groups (broad SMARTS) is 1. The Morgan fingerprint density at radius 2 is 1.90 bits per heavy atom. The molecule has 0 radical (unpaired) electrons. The molecule has 0 saturated heterocycles. The van der Waals surface area contributed by atoms with Crippen LogP contribution in [-0.2, 0) is 11.2 Å². The van der Waals surface area contributed by atoms with Gasteiger partial charge in [0.2, 0.25) is 5.91 Å². The lowest BCUT2D eigenvalue weighted by Gasteiger charge is -2.06. The van der Waals surface area contributed by atoms with Crippen LogP contribution in [0.15, 0.2) is 36.7 Å². The summed E-state index contributed by atoms with van der Waals surface area (Å²) < 4.78 is 0. The van der Waals surface area contributed by atoms with E-state index in [4.69, 9.17) is 28.3 Å². The summed E-state index contributed by atoms with van der Waals surface area (Å²) in [7, 11) is 0. The molecule has 2 aromatic rings. The van der Waals surface area contributed by atoms with Crippen molar-refractivity contribution in [1.82, 2.24) is 4.98 Å². The van der Waals surface area contributed by atoms with Gasteiger partial charge in [0.15, 0.2) is 0 Å². The van der Waals surface area contributed by atoms with Gasteiger partial charge in [0.1, 0.15) is 0 Å². The van der Waals surface area contributed by atoms with Crippen LogP contribution in [0, 0.1) is 0 Å². The molecule has 0 fully saturated rings. The second-order valence-electron chi connectivity index (χ2n) is 4.24. The van der Waals surface area contributed by atoms with Crippen molar-refractivity contribution in [2.45, 2.75) is 6.42 Å². The van der Waals surface area contributed by atoms with Crippen LogP contribution in [0.5, 0.6) is 0 Å². The number of pyridine rings is 1. The van der Waals surface area contributed by atoms with E-state index in [0.717, 1.165) is 0 Å². The summed E-state index contributed by atoms with van der Waals surface area (Å²) in [4.78, 5) is 26.5. The van der Waals surface area contributed by atoms with Gasteiger partial charge in [-0.05, 0) is 23.8 Å². The third kappa shape index (κ3) is 4.18. The molecule has 1 heterocycles. The predicted octanol–water partition coefficient (Wildman–Crippen LogP) is 3.27. The third-order valence-electron chi connectivity index (χ3n) is 2.62. The van der Waals surface area contributed by atoms with E-state index in [-0.39, 0.29) is 17.9 Å². The number of amides is 1. The molecular weight excluding hydrogens is 315 g/mol. The van der Waals surface area contributed by atoms with Crippen molar-refractivity contribution < 1.29 is 14.7 Å². The number of aromatic carboxylic acids is 1. The zero-order chi connectivity index (χ0) is 15.4. The molecule has 0 atom stereocenters. The molecular formula is C14H10Cl2N2O3. The number of benzene rings is 1. The van der Waals surface area contributed by atoms with Gasteiger partial charge >= 0.3 is 5.97 Å². The fourth-order valence-electron chi connectivity index (χ4n) is 1.67. The van der Waals surface area contributed by atoms with Crippen LogP contribution in [-0.4, -0.2) is 22.0 Å². The minimum absolute atomic E-state index is 0.00216. The smallest absolute Gasteiger partial charge is 0.337 e. The van der Waals surface area contributed by atoms with E-state index in [0.29, 0.717) is 21.3 Å². The number of anilines is 1. The maximum atomic E-state index is 11.9. The topological polar surface area (TPSA) is 79.3 Å². The van der Waals surface area contributed by atoms with E-state index in [1.165, 1.54) is 18.5 Å². The Morgan fingerprint density at radius 1 is 1.14 bits per heavy atom. The molecule has 1 amide bonds.